The van der Waals surface area contributed by atoms with Crippen LogP contribution in [0.5, 0.6) is 0 Å². The molecule has 1 saturated heterocycles. The molecule has 0 bridgehead atoms. The average molecular weight is 299 g/mol. The van der Waals surface area contributed by atoms with E-state index in [0.717, 1.165) is 0 Å². The van der Waals surface area contributed by atoms with Crippen molar-refractivity contribution in [2.45, 2.75) is 65.0 Å². The van der Waals surface area contributed by atoms with Crippen molar-refractivity contribution in [3.63, 3.8) is 0 Å². The molecule has 2 rings (SSSR count). The Morgan fingerprint density at radius 1 is 1.37 bits per heavy atom. The lowest BCUT2D eigenvalue weighted by Gasteiger charge is -2.26. The van der Waals surface area contributed by atoms with E-state index in [9.17, 15) is 0 Å². The molecule has 4 heteroatoms. The van der Waals surface area contributed by atoms with Crippen molar-refractivity contribution >= 4 is 23.1 Å². The molecule has 1 fully saturated rings. The monoisotopic (exact) mass is 298 g/mol. The predicted molar refractivity (Wildman–Crippen MR) is 87.4 cm³/mol. The molecule has 0 aromatic carbocycles. The molecule has 0 spiro atoms. The van der Waals surface area contributed by atoms with Gasteiger partial charge in [-0.3, -0.25) is 0 Å². The first-order chi connectivity index (χ1) is 8.88. The Labute approximate surface area is 125 Å². The van der Waals surface area contributed by atoms with Crippen LogP contribution in [0.4, 0.5) is 0 Å². The Hall–Kier alpha value is -0.0600. The Kier molecular flexibility index (Phi) is 4.96. The van der Waals surface area contributed by atoms with Crippen LogP contribution in [0.25, 0.3) is 0 Å². The van der Waals surface area contributed by atoms with Gasteiger partial charge in [-0.1, -0.05) is 20.8 Å². The van der Waals surface area contributed by atoms with E-state index in [4.69, 9.17) is 4.98 Å². The first kappa shape index (κ1) is 15.3. The molecule has 0 aliphatic carbocycles. The molecule has 0 amide bonds. The zero-order valence-corrected chi connectivity index (χ0v) is 14.4. The molecule has 2 atom stereocenters. The second-order valence-electron chi connectivity index (χ2n) is 6.52. The lowest BCUT2D eigenvalue weighted by molar-refractivity contribution is 0.455. The summed E-state index contributed by atoms with van der Waals surface area (Å²) in [5.74, 6) is 2.59. The predicted octanol–water partition coefficient (Wildman–Crippen LogP) is 4.30. The molecular weight excluding hydrogens is 272 g/mol. The number of thiazole rings is 1. The minimum absolute atomic E-state index is 0.161. The number of thioether (sulfide) groups is 1. The van der Waals surface area contributed by atoms with Gasteiger partial charge in [-0.2, -0.15) is 11.8 Å². The molecule has 19 heavy (non-hydrogen) atoms. The van der Waals surface area contributed by atoms with Crippen LogP contribution in [0.1, 0.15) is 62.2 Å². The van der Waals surface area contributed by atoms with Crippen LogP contribution in [-0.2, 0) is 5.41 Å². The highest BCUT2D eigenvalue weighted by molar-refractivity contribution is 7.99. The van der Waals surface area contributed by atoms with Crippen LogP contribution in [0.3, 0.4) is 0 Å². The quantitative estimate of drug-likeness (QED) is 0.901. The summed E-state index contributed by atoms with van der Waals surface area (Å²) in [7, 11) is 0. The van der Waals surface area contributed by atoms with E-state index in [-0.39, 0.29) is 5.41 Å². The maximum absolute atomic E-state index is 4.77. The van der Waals surface area contributed by atoms with Gasteiger partial charge < -0.3 is 5.32 Å². The van der Waals surface area contributed by atoms with E-state index < -0.39 is 0 Å². The number of hydrogen-bond acceptors (Lipinski definition) is 4. The van der Waals surface area contributed by atoms with Crippen molar-refractivity contribution in [2.75, 3.05) is 11.5 Å². The van der Waals surface area contributed by atoms with E-state index in [0.29, 0.717) is 12.1 Å². The molecule has 0 radical (unpaired) electrons. The third kappa shape index (κ3) is 3.96. The van der Waals surface area contributed by atoms with Crippen LogP contribution in [0.2, 0.25) is 0 Å². The highest BCUT2D eigenvalue weighted by atomic mass is 32.2. The van der Waals surface area contributed by atoms with Crippen LogP contribution in [-0.4, -0.2) is 22.5 Å². The lowest BCUT2D eigenvalue weighted by atomic mass is 9.98. The van der Waals surface area contributed by atoms with Gasteiger partial charge in [-0.05, 0) is 32.4 Å². The summed E-state index contributed by atoms with van der Waals surface area (Å²) >= 11 is 3.96. The summed E-state index contributed by atoms with van der Waals surface area (Å²) in [4.78, 5) is 6.19. The normalized spacial score (nSPS) is 22.5. The highest BCUT2D eigenvalue weighted by Gasteiger charge is 2.24. The molecule has 1 aromatic rings. The molecule has 108 valence electrons. The molecule has 2 nitrogen and oxygen atoms in total. The van der Waals surface area contributed by atoms with Gasteiger partial charge in [-0.25, -0.2) is 4.98 Å². The fraction of sp³-hybridized carbons (Fsp3) is 0.800. The topological polar surface area (TPSA) is 24.9 Å². The Morgan fingerprint density at radius 3 is 2.63 bits per heavy atom. The molecule has 1 aromatic heterocycles. The third-order valence-electron chi connectivity index (χ3n) is 3.51. The summed E-state index contributed by atoms with van der Waals surface area (Å²) in [5, 5.41) is 5.05. The second kappa shape index (κ2) is 6.15. The number of nitrogens with zero attached hydrogens (tertiary/aromatic N) is 1. The smallest absolute Gasteiger partial charge is 0.0985 e. The van der Waals surface area contributed by atoms with Crippen molar-refractivity contribution in [1.82, 2.24) is 10.3 Å². The number of aromatic nitrogens is 1. The fourth-order valence-corrected chi connectivity index (χ4v) is 4.65. The lowest BCUT2D eigenvalue weighted by Crippen LogP contribution is -2.35. The van der Waals surface area contributed by atoms with Crippen molar-refractivity contribution in [2.24, 2.45) is 0 Å². The van der Waals surface area contributed by atoms with Crippen molar-refractivity contribution in [3.8, 4) is 0 Å². The molecule has 2 unspecified atom stereocenters. The van der Waals surface area contributed by atoms with Crippen LogP contribution in [0.15, 0.2) is 0 Å². The standard InChI is InChI=1S/C15H26N2S2/c1-10(16-12-7-6-8-18-9-12)13-11(2)17-14(19-13)15(3,4)5/h10,12,16H,6-9H2,1-5H3. The van der Waals surface area contributed by atoms with Gasteiger partial charge in [0.15, 0.2) is 0 Å². The van der Waals surface area contributed by atoms with Gasteiger partial charge in [0, 0.05) is 28.1 Å². The SMILES string of the molecule is Cc1nc(C(C)(C)C)sc1C(C)NC1CCCSC1. The Morgan fingerprint density at radius 2 is 2.11 bits per heavy atom. The van der Waals surface area contributed by atoms with Gasteiger partial charge >= 0.3 is 0 Å². The zero-order valence-electron chi connectivity index (χ0n) is 12.7. The van der Waals surface area contributed by atoms with Crippen molar-refractivity contribution in [3.05, 3.63) is 15.6 Å². The minimum Gasteiger partial charge on any atom is -0.306 e. The number of aryl methyl sites for hydroxylation is 1. The van der Waals surface area contributed by atoms with Crippen molar-refractivity contribution in [1.29, 1.82) is 0 Å². The van der Waals surface area contributed by atoms with E-state index in [1.165, 1.54) is 39.9 Å². The maximum atomic E-state index is 4.77. The van der Waals surface area contributed by atoms with Gasteiger partial charge in [0.25, 0.3) is 0 Å². The first-order valence-electron chi connectivity index (χ1n) is 7.19. The van der Waals surface area contributed by atoms with E-state index in [1.807, 2.05) is 11.3 Å². The summed E-state index contributed by atoms with van der Waals surface area (Å²) in [6.45, 7) is 11.2. The van der Waals surface area contributed by atoms with E-state index in [2.05, 4.69) is 51.7 Å². The molecule has 2 heterocycles. The summed E-state index contributed by atoms with van der Waals surface area (Å²) in [6.07, 6.45) is 2.67. The van der Waals surface area contributed by atoms with Gasteiger partial charge in [0.1, 0.15) is 0 Å². The van der Waals surface area contributed by atoms with E-state index >= 15 is 0 Å². The summed E-state index contributed by atoms with van der Waals surface area (Å²) < 4.78 is 0. The summed E-state index contributed by atoms with van der Waals surface area (Å²) in [5.41, 5.74) is 1.37. The molecular formula is C15H26N2S2. The van der Waals surface area contributed by atoms with Gasteiger partial charge in [-0.15, -0.1) is 11.3 Å². The molecule has 1 aliphatic heterocycles. The van der Waals surface area contributed by atoms with Gasteiger partial charge in [0.2, 0.25) is 0 Å². The van der Waals surface area contributed by atoms with Gasteiger partial charge in [0.05, 0.1) is 10.7 Å². The average Bonchev–Trinajstić information content (AvgIpc) is 2.72. The number of hydrogen-bond donors (Lipinski definition) is 1. The largest absolute Gasteiger partial charge is 0.306 e. The Bertz CT molecular complexity index is 414. The second-order valence-corrected chi connectivity index (χ2v) is 8.70. The third-order valence-corrected chi connectivity index (χ3v) is 6.49. The molecule has 0 saturated carbocycles. The van der Waals surface area contributed by atoms with E-state index in [1.54, 1.807) is 0 Å². The van der Waals surface area contributed by atoms with Crippen LogP contribution in [0, 0.1) is 6.92 Å². The number of nitrogens with one attached hydrogen (secondary N) is 1. The minimum atomic E-state index is 0.161. The van der Waals surface area contributed by atoms with Crippen molar-refractivity contribution < 1.29 is 0 Å². The van der Waals surface area contributed by atoms with Crippen LogP contribution < -0.4 is 5.32 Å². The number of rotatable bonds is 3. The maximum Gasteiger partial charge on any atom is 0.0985 e. The Balaban J connectivity index is 2.06. The van der Waals surface area contributed by atoms with Crippen LogP contribution >= 0.6 is 23.1 Å². The first-order valence-corrected chi connectivity index (χ1v) is 9.16. The highest BCUT2D eigenvalue weighted by Crippen LogP contribution is 2.33. The molecule has 1 N–H and O–H groups in total. The zero-order chi connectivity index (χ0) is 14.0. The molecule has 1 aliphatic rings. The summed E-state index contributed by atoms with van der Waals surface area (Å²) in [6, 6.07) is 1.10. The fourth-order valence-electron chi connectivity index (χ4n) is 2.43.